The predicted octanol–water partition coefficient (Wildman–Crippen LogP) is 1.75. The molecule has 4 nitrogen and oxygen atoms in total. The fourth-order valence-corrected chi connectivity index (χ4v) is 2.11. The molecule has 0 saturated heterocycles. The quantitative estimate of drug-likeness (QED) is 0.802. The minimum absolute atomic E-state index is 0.202. The first-order valence-corrected chi connectivity index (χ1v) is 6.47. The van der Waals surface area contributed by atoms with E-state index in [0.29, 0.717) is 19.2 Å². The number of hydrogen-bond donors (Lipinski definition) is 1. The van der Waals surface area contributed by atoms with E-state index in [9.17, 15) is 0 Å². The van der Waals surface area contributed by atoms with Crippen molar-refractivity contribution < 1.29 is 4.74 Å². The Balaban J connectivity index is 2.87. The Morgan fingerprint density at radius 1 is 1.39 bits per heavy atom. The summed E-state index contributed by atoms with van der Waals surface area (Å²) in [7, 11) is 1.73. The molecule has 0 fully saturated rings. The molecule has 1 atom stereocenters. The van der Waals surface area contributed by atoms with Gasteiger partial charge in [0, 0.05) is 44.2 Å². The first-order valence-electron chi connectivity index (χ1n) is 6.47. The van der Waals surface area contributed by atoms with Crippen LogP contribution in [0.15, 0.2) is 18.3 Å². The predicted molar refractivity (Wildman–Crippen MR) is 74.5 cm³/mol. The Morgan fingerprint density at radius 3 is 2.56 bits per heavy atom. The zero-order chi connectivity index (χ0) is 13.5. The van der Waals surface area contributed by atoms with E-state index in [1.807, 2.05) is 19.2 Å². The summed E-state index contributed by atoms with van der Waals surface area (Å²) in [6, 6.07) is 4.78. The highest BCUT2D eigenvalue weighted by molar-refractivity contribution is 5.18. The second-order valence-electron chi connectivity index (χ2n) is 4.81. The average Bonchev–Trinajstić information content (AvgIpc) is 2.35. The van der Waals surface area contributed by atoms with Gasteiger partial charge in [-0.15, -0.1) is 0 Å². The summed E-state index contributed by atoms with van der Waals surface area (Å²) < 4.78 is 5.17. The van der Waals surface area contributed by atoms with Crippen LogP contribution in [0.2, 0.25) is 0 Å². The first kappa shape index (κ1) is 15.1. The molecule has 18 heavy (non-hydrogen) atoms. The van der Waals surface area contributed by atoms with Crippen molar-refractivity contribution in [3.8, 4) is 0 Å². The van der Waals surface area contributed by atoms with Gasteiger partial charge in [0.2, 0.25) is 0 Å². The monoisotopic (exact) mass is 251 g/mol. The van der Waals surface area contributed by atoms with E-state index in [1.165, 1.54) is 5.56 Å². The molecular weight excluding hydrogens is 226 g/mol. The van der Waals surface area contributed by atoms with E-state index in [2.05, 4.69) is 29.8 Å². The molecule has 2 N–H and O–H groups in total. The standard InChI is InChI=1S/C14H25N3O/c1-11(2)17(7-8-18-4)14(9-15)13-6-5-12(3)16-10-13/h5-6,10-11,14H,7-9,15H2,1-4H3. The number of nitrogens with zero attached hydrogens (tertiary/aromatic N) is 2. The minimum atomic E-state index is 0.202. The molecule has 0 aliphatic heterocycles. The number of pyridine rings is 1. The largest absolute Gasteiger partial charge is 0.383 e. The van der Waals surface area contributed by atoms with Gasteiger partial charge in [-0.2, -0.15) is 0 Å². The smallest absolute Gasteiger partial charge is 0.0590 e. The highest BCUT2D eigenvalue weighted by Gasteiger charge is 2.21. The summed E-state index contributed by atoms with van der Waals surface area (Å²) in [6.45, 7) is 8.54. The zero-order valence-electron chi connectivity index (χ0n) is 11.9. The number of hydrogen-bond acceptors (Lipinski definition) is 4. The molecule has 4 heteroatoms. The van der Waals surface area contributed by atoms with Crippen LogP contribution in [0.5, 0.6) is 0 Å². The fourth-order valence-electron chi connectivity index (χ4n) is 2.11. The first-order chi connectivity index (χ1) is 8.60. The third-order valence-electron chi connectivity index (χ3n) is 3.16. The van der Waals surface area contributed by atoms with Crippen molar-refractivity contribution >= 4 is 0 Å². The lowest BCUT2D eigenvalue weighted by atomic mass is 10.1. The lowest BCUT2D eigenvalue weighted by Crippen LogP contribution is -2.40. The van der Waals surface area contributed by atoms with Crippen LogP contribution in [-0.4, -0.2) is 42.7 Å². The molecule has 0 aliphatic carbocycles. The second-order valence-corrected chi connectivity index (χ2v) is 4.81. The van der Waals surface area contributed by atoms with Gasteiger partial charge in [0.15, 0.2) is 0 Å². The third kappa shape index (κ3) is 4.05. The molecule has 0 aliphatic rings. The highest BCUT2D eigenvalue weighted by Crippen LogP contribution is 2.21. The summed E-state index contributed by atoms with van der Waals surface area (Å²) in [4.78, 5) is 6.71. The van der Waals surface area contributed by atoms with Gasteiger partial charge in [0.25, 0.3) is 0 Å². The van der Waals surface area contributed by atoms with Crippen molar-refractivity contribution in [2.24, 2.45) is 5.73 Å². The number of nitrogens with two attached hydrogens (primary N) is 1. The number of aromatic nitrogens is 1. The lowest BCUT2D eigenvalue weighted by molar-refractivity contribution is 0.0978. The van der Waals surface area contributed by atoms with Crippen molar-refractivity contribution in [2.45, 2.75) is 32.9 Å². The molecule has 0 bridgehead atoms. The number of methoxy groups -OCH3 is 1. The second kappa shape index (κ2) is 7.46. The Hall–Kier alpha value is -0.970. The number of aryl methyl sites for hydroxylation is 1. The van der Waals surface area contributed by atoms with Gasteiger partial charge >= 0.3 is 0 Å². The van der Waals surface area contributed by atoms with E-state index in [-0.39, 0.29) is 6.04 Å². The maximum atomic E-state index is 5.94. The maximum Gasteiger partial charge on any atom is 0.0590 e. The van der Waals surface area contributed by atoms with Gasteiger partial charge in [-0.25, -0.2) is 0 Å². The summed E-state index contributed by atoms with van der Waals surface area (Å²) in [5.74, 6) is 0. The summed E-state index contributed by atoms with van der Waals surface area (Å²) in [6.07, 6.45) is 1.93. The molecular formula is C14H25N3O. The van der Waals surface area contributed by atoms with Gasteiger partial charge in [-0.05, 0) is 32.4 Å². The normalized spacial score (nSPS) is 13.3. The van der Waals surface area contributed by atoms with Crippen LogP contribution < -0.4 is 5.73 Å². The maximum absolute atomic E-state index is 5.94. The molecule has 0 aromatic carbocycles. The van der Waals surface area contributed by atoms with Crippen LogP contribution in [0.4, 0.5) is 0 Å². The molecule has 1 heterocycles. The van der Waals surface area contributed by atoms with Gasteiger partial charge < -0.3 is 10.5 Å². The van der Waals surface area contributed by atoms with E-state index >= 15 is 0 Å². The van der Waals surface area contributed by atoms with Crippen LogP contribution in [0, 0.1) is 6.92 Å². The van der Waals surface area contributed by atoms with Gasteiger partial charge in [-0.3, -0.25) is 9.88 Å². The fraction of sp³-hybridized carbons (Fsp3) is 0.643. The van der Waals surface area contributed by atoms with Crippen molar-refractivity contribution in [1.82, 2.24) is 9.88 Å². The van der Waals surface area contributed by atoms with E-state index in [1.54, 1.807) is 7.11 Å². The Labute approximate surface area is 110 Å². The lowest BCUT2D eigenvalue weighted by Gasteiger charge is -2.34. The molecule has 1 aromatic rings. The SMILES string of the molecule is COCCN(C(C)C)C(CN)c1ccc(C)nc1. The van der Waals surface area contributed by atoms with Crippen LogP contribution >= 0.6 is 0 Å². The molecule has 1 aromatic heterocycles. The van der Waals surface area contributed by atoms with Crippen molar-refractivity contribution in [2.75, 3.05) is 26.8 Å². The summed E-state index contributed by atoms with van der Waals surface area (Å²) >= 11 is 0. The summed E-state index contributed by atoms with van der Waals surface area (Å²) in [5.41, 5.74) is 8.15. The number of rotatable bonds is 7. The van der Waals surface area contributed by atoms with Crippen LogP contribution in [0.3, 0.4) is 0 Å². The van der Waals surface area contributed by atoms with Crippen molar-refractivity contribution in [3.63, 3.8) is 0 Å². The topological polar surface area (TPSA) is 51.4 Å². The van der Waals surface area contributed by atoms with Crippen molar-refractivity contribution in [1.29, 1.82) is 0 Å². The zero-order valence-corrected chi connectivity index (χ0v) is 11.9. The molecule has 1 rings (SSSR count). The molecule has 0 radical (unpaired) electrons. The van der Waals surface area contributed by atoms with Crippen LogP contribution in [0.1, 0.15) is 31.1 Å². The Kier molecular flexibility index (Phi) is 6.25. The molecule has 1 unspecified atom stereocenters. The molecule has 0 spiro atoms. The summed E-state index contributed by atoms with van der Waals surface area (Å²) in [5, 5.41) is 0. The van der Waals surface area contributed by atoms with E-state index in [4.69, 9.17) is 10.5 Å². The van der Waals surface area contributed by atoms with Crippen LogP contribution in [-0.2, 0) is 4.74 Å². The molecule has 0 saturated carbocycles. The van der Waals surface area contributed by atoms with Crippen LogP contribution in [0.25, 0.3) is 0 Å². The van der Waals surface area contributed by atoms with E-state index < -0.39 is 0 Å². The minimum Gasteiger partial charge on any atom is -0.383 e. The average molecular weight is 251 g/mol. The third-order valence-corrected chi connectivity index (χ3v) is 3.16. The van der Waals surface area contributed by atoms with Gasteiger partial charge in [0.1, 0.15) is 0 Å². The Bertz CT molecular complexity index is 337. The Morgan fingerprint density at radius 2 is 2.11 bits per heavy atom. The highest BCUT2D eigenvalue weighted by atomic mass is 16.5. The molecule has 102 valence electrons. The molecule has 0 amide bonds. The number of ether oxygens (including phenoxy) is 1. The van der Waals surface area contributed by atoms with Gasteiger partial charge in [0.05, 0.1) is 6.61 Å². The van der Waals surface area contributed by atoms with Gasteiger partial charge in [-0.1, -0.05) is 6.07 Å². The van der Waals surface area contributed by atoms with Crippen molar-refractivity contribution in [3.05, 3.63) is 29.6 Å². The van der Waals surface area contributed by atoms with E-state index in [0.717, 1.165) is 12.2 Å².